The average molecular weight is 343 g/mol. The summed E-state index contributed by atoms with van der Waals surface area (Å²) in [4.78, 5) is 6.73. The third-order valence-corrected chi connectivity index (χ3v) is 4.38. The van der Waals surface area contributed by atoms with Crippen molar-refractivity contribution in [3.8, 4) is 0 Å². The zero-order valence-electron chi connectivity index (χ0n) is 10.1. The van der Waals surface area contributed by atoms with Gasteiger partial charge in [-0.25, -0.2) is 0 Å². The fourth-order valence-corrected chi connectivity index (χ4v) is 2.54. The first-order valence-corrected chi connectivity index (χ1v) is 7.29. The van der Waals surface area contributed by atoms with Gasteiger partial charge in [0.2, 0.25) is 0 Å². The number of aromatic nitrogens is 3. The van der Waals surface area contributed by atoms with Crippen LogP contribution in [0.3, 0.4) is 0 Å². The van der Waals surface area contributed by atoms with Crippen LogP contribution in [0.25, 0.3) is 11.0 Å². The van der Waals surface area contributed by atoms with Gasteiger partial charge >= 0.3 is 0 Å². The van der Waals surface area contributed by atoms with E-state index < -0.39 is 0 Å². The molecule has 19 heavy (non-hydrogen) atoms. The van der Waals surface area contributed by atoms with Crippen LogP contribution in [0.2, 0.25) is 20.1 Å². The molecule has 0 spiro atoms. The topological polar surface area (TPSA) is 39.9 Å². The zero-order chi connectivity index (χ0) is 14.0. The Hall–Kier alpha value is -0.420. The van der Waals surface area contributed by atoms with Gasteiger partial charge in [0.1, 0.15) is 12.1 Å². The predicted octanol–water partition coefficient (Wildman–Crippen LogP) is 4.66. The van der Waals surface area contributed by atoms with Gasteiger partial charge in [0, 0.05) is 0 Å². The Balaban J connectivity index is 2.37. The van der Waals surface area contributed by atoms with Crippen LogP contribution in [-0.4, -0.2) is 21.8 Å². The number of hydrogen-bond acceptors (Lipinski definition) is 3. The van der Waals surface area contributed by atoms with E-state index >= 15 is 0 Å². The van der Waals surface area contributed by atoms with Crippen molar-refractivity contribution in [2.45, 2.75) is 26.2 Å². The molecule has 2 rings (SSSR count). The van der Waals surface area contributed by atoms with Crippen LogP contribution in [0.15, 0.2) is 0 Å². The van der Waals surface area contributed by atoms with E-state index in [-0.39, 0.29) is 20.1 Å². The van der Waals surface area contributed by atoms with Crippen molar-refractivity contribution < 1.29 is 4.84 Å². The fraction of sp³-hybridized carbons (Fsp3) is 0.455. The van der Waals surface area contributed by atoms with Gasteiger partial charge in [0.25, 0.3) is 0 Å². The lowest BCUT2D eigenvalue weighted by Gasteiger charge is -2.07. The molecule has 0 amide bonds. The van der Waals surface area contributed by atoms with Gasteiger partial charge < -0.3 is 4.84 Å². The number of hydrogen-bond donors (Lipinski definition) is 0. The van der Waals surface area contributed by atoms with Crippen molar-refractivity contribution in [3.05, 3.63) is 20.1 Å². The van der Waals surface area contributed by atoms with E-state index in [2.05, 4.69) is 17.2 Å². The van der Waals surface area contributed by atoms with Crippen molar-refractivity contribution in [1.82, 2.24) is 15.2 Å². The molecule has 0 unspecified atom stereocenters. The highest BCUT2D eigenvalue weighted by atomic mass is 35.5. The normalized spacial score (nSPS) is 11.2. The minimum atomic E-state index is 0.166. The molecule has 2 aromatic rings. The Kier molecular flexibility index (Phi) is 5.01. The summed E-state index contributed by atoms with van der Waals surface area (Å²) in [6.45, 7) is 2.63. The summed E-state index contributed by atoms with van der Waals surface area (Å²) in [5, 5.41) is 8.54. The molecule has 0 saturated heterocycles. The molecular formula is C11H11Cl4N3O. The zero-order valence-corrected chi connectivity index (χ0v) is 13.1. The van der Waals surface area contributed by atoms with Crippen LogP contribution in [0.1, 0.15) is 26.2 Å². The first-order chi connectivity index (χ1) is 9.07. The third-order valence-electron chi connectivity index (χ3n) is 2.60. The van der Waals surface area contributed by atoms with Crippen molar-refractivity contribution in [2.24, 2.45) is 0 Å². The second kappa shape index (κ2) is 6.35. The molecule has 1 aromatic carbocycles. The molecule has 0 radical (unpaired) electrons. The minimum Gasteiger partial charge on any atom is -0.395 e. The summed E-state index contributed by atoms with van der Waals surface area (Å²) in [7, 11) is 0. The van der Waals surface area contributed by atoms with E-state index in [9.17, 15) is 0 Å². The molecule has 1 aromatic heterocycles. The Labute approximate surface area is 130 Å². The van der Waals surface area contributed by atoms with Gasteiger partial charge in [-0.2, -0.15) is 0 Å². The van der Waals surface area contributed by atoms with E-state index in [1.54, 1.807) is 0 Å². The fourth-order valence-electron chi connectivity index (χ4n) is 1.60. The molecule has 0 aliphatic rings. The lowest BCUT2D eigenvalue weighted by atomic mass is 10.3. The molecule has 0 atom stereocenters. The van der Waals surface area contributed by atoms with Crippen LogP contribution in [-0.2, 0) is 0 Å². The molecule has 0 bridgehead atoms. The van der Waals surface area contributed by atoms with Crippen LogP contribution < -0.4 is 4.84 Å². The summed E-state index contributed by atoms with van der Waals surface area (Å²) in [5.41, 5.74) is 0.800. The smallest absolute Gasteiger partial charge is 0.152 e. The van der Waals surface area contributed by atoms with E-state index in [1.807, 2.05) is 0 Å². The van der Waals surface area contributed by atoms with Crippen molar-refractivity contribution in [3.63, 3.8) is 0 Å². The monoisotopic (exact) mass is 341 g/mol. The number of nitrogens with zero attached hydrogens (tertiary/aromatic N) is 3. The number of unbranched alkanes of at least 4 members (excludes halogenated alkanes) is 2. The number of rotatable bonds is 5. The second-order valence-electron chi connectivity index (χ2n) is 3.96. The Morgan fingerprint density at radius 2 is 1.68 bits per heavy atom. The van der Waals surface area contributed by atoms with Crippen LogP contribution in [0.4, 0.5) is 0 Å². The summed E-state index contributed by atoms with van der Waals surface area (Å²) >= 11 is 24.1. The van der Waals surface area contributed by atoms with E-state index in [4.69, 9.17) is 51.2 Å². The second-order valence-corrected chi connectivity index (χ2v) is 5.47. The van der Waals surface area contributed by atoms with Crippen molar-refractivity contribution in [1.29, 1.82) is 0 Å². The van der Waals surface area contributed by atoms with Crippen LogP contribution >= 0.6 is 46.4 Å². The van der Waals surface area contributed by atoms with Crippen molar-refractivity contribution in [2.75, 3.05) is 6.61 Å². The molecule has 0 N–H and O–H groups in total. The van der Waals surface area contributed by atoms with Crippen LogP contribution in [0, 0.1) is 0 Å². The Bertz CT molecular complexity index is 599. The van der Waals surface area contributed by atoms with E-state index in [1.165, 1.54) is 4.85 Å². The van der Waals surface area contributed by atoms with Gasteiger partial charge in [-0.1, -0.05) is 71.0 Å². The summed E-state index contributed by atoms with van der Waals surface area (Å²) < 4.78 is 0. The lowest BCUT2D eigenvalue weighted by Crippen LogP contribution is -2.14. The quantitative estimate of drug-likeness (QED) is 0.450. The first kappa shape index (κ1) is 15.0. The molecule has 104 valence electrons. The number of fused-ring (bicyclic) bond motifs is 1. The summed E-state index contributed by atoms with van der Waals surface area (Å²) in [6, 6.07) is 0. The molecule has 0 saturated carbocycles. The predicted molar refractivity (Wildman–Crippen MR) is 78.5 cm³/mol. The molecule has 0 aliphatic carbocycles. The number of halogens is 4. The SMILES string of the molecule is CCCCCOn1nnc2c(Cl)c(Cl)c(Cl)c(Cl)c21. The van der Waals surface area contributed by atoms with E-state index in [0.29, 0.717) is 17.6 Å². The van der Waals surface area contributed by atoms with Gasteiger partial charge in [0.05, 0.1) is 20.1 Å². The maximum atomic E-state index is 6.13. The minimum absolute atomic E-state index is 0.166. The molecule has 0 fully saturated rings. The number of benzene rings is 1. The highest BCUT2D eigenvalue weighted by molar-refractivity contribution is 6.54. The molecule has 8 heteroatoms. The Morgan fingerprint density at radius 1 is 1.00 bits per heavy atom. The third kappa shape index (κ3) is 2.87. The molecular weight excluding hydrogens is 332 g/mol. The molecule has 1 heterocycles. The van der Waals surface area contributed by atoms with Gasteiger partial charge in [0.15, 0.2) is 5.52 Å². The highest BCUT2D eigenvalue weighted by Gasteiger charge is 2.21. The molecule has 0 aliphatic heterocycles. The van der Waals surface area contributed by atoms with Gasteiger partial charge in [-0.05, 0) is 11.6 Å². The first-order valence-electron chi connectivity index (χ1n) is 5.78. The maximum Gasteiger partial charge on any atom is 0.152 e. The summed E-state index contributed by atoms with van der Waals surface area (Å²) in [5.74, 6) is 0. The van der Waals surface area contributed by atoms with Gasteiger partial charge in [-0.3, -0.25) is 0 Å². The highest BCUT2D eigenvalue weighted by Crippen LogP contribution is 2.41. The molecule has 4 nitrogen and oxygen atoms in total. The summed E-state index contributed by atoms with van der Waals surface area (Å²) in [6.07, 6.45) is 3.10. The van der Waals surface area contributed by atoms with Crippen molar-refractivity contribution >= 4 is 57.4 Å². The Morgan fingerprint density at radius 3 is 2.37 bits per heavy atom. The van der Waals surface area contributed by atoms with Gasteiger partial charge in [-0.15, -0.1) is 5.10 Å². The maximum absolute atomic E-state index is 6.13. The average Bonchev–Trinajstić information content (AvgIpc) is 2.83. The lowest BCUT2D eigenvalue weighted by molar-refractivity contribution is 0.0846. The largest absolute Gasteiger partial charge is 0.395 e. The standard InChI is InChI=1S/C11H11Cl4N3O/c1-2-3-4-5-19-18-11-9(15)7(13)6(12)8(14)10(11)16-17-18/h2-5H2,1H3. The van der Waals surface area contributed by atoms with Crippen LogP contribution in [0.5, 0.6) is 0 Å². The van der Waals surface area contributed by atoms with E-state index in [0.717, 1.165) is 19.3 Å².